The summed E-state index contributed by atoms with van der Waals surface area (Å²) in [6.45, 7) is 8.34. The molecule has 0 aromatic carbocycles. The molecule has 2 unspecified atom stereocenters. The number of aliphatic hydroxyl groups is 1. The zero-order valence-corrected chi connectivity index (χ0v) is 12.0. The van der Waals surface area contributed by atoms with Crippen LogP contribution in [0.3, 0.4) is 0 Å². The Morgan fingerprint density at radius 2 is 1.94 bits per heavy atom. The van der Waals surface area contributed by atoms with Crippen molar-refractivity contribution in [2.45, 2.75) is 58.3 Å². The van der Waals surface area contributed by atoms with Gasteiger partial charge in [0.1, 0.15) is 0 Å². The van der Waals surface area contributed by atoms with Crippen LogP contribution in [-0.2, 0) is 9.47 Å². The minimum absolute atomic E-state index is 0.239. The van der Waals surface area contributed by atoms with E-state index in [-0.39, 0.29) is 6.10 Å². The zero-order chi connectivity index (χ0) is 13.4. The Kier molecular flexibility index (Phi) is 7.82. The van der Waals surface area contributed by atoms with Gasteiger partial charge in [-0.05, 0) is 39.5 Å². The van der Waals surface area contributed by atoms with Gasteiger partial charge >= 0.3 is 0 Å². The number of rotatable bonds is 10. The smallest absolute Gasteiger partial charge is 0.0897 e. The van der Waals surface area contributed by atoms with E-state index >= 15 is 0 Å². The van der Waals surface area contributed by atoms with E-state index in [4.69, 9.17) is 9.47 Å². The summed E-state index contributed by atoms with van der Waals surface area (Å²) in [6, 6.07) is 0.512. The molecule has 1 fully saturated rings. The van der Waals surface area contributed by atoms with Gasteiger partial charge < -0.3 is 19.9 Å². The lowest BCUT2D eigenvalue weighted by Gasteiger charge is -2.32. The first-order chi connectivity index (χ1) is 8.59. The Morgan fingerprint density at radius 1 is 1.22 bits per heavy atom. The quantitative estimate of drug-likeness (QED) is 0.585. The van der Waals surface area contributed by atoms with Crippen LogP contribution in [0.2, 0.25) is 0 Å². The molecule has 4 heteroatoms. The minimum atomic E-state index is -0.424. The van der Waals surface area contributed by atoms with Gasteiger partial charge in [0.05, 0.1) is 32.0 Å². The van der Waals surface area contributed by atoms with Crippen molar-refractivity contribution in [3.63, 3.8) is 0 Å². The van der Waals surface area contributed by atoms with E-state index in [2.05, 4.69) is 12.2 Å². The zero-order valence-electron chi connectivity index (χ0n) is 12.0. The van der Waals surface area contributed by atoms with Gasteiger partial charge in [0.15, 0.2) is 0 Å². The van der Waals surface area contributed by atoms with Crippen LogP contribution >= 0.6 is 0 Å². The summed E-state index contributed by atoms with van der Waals surface area (Å²) in [4.78, 5) is 0. The maximum atomic E-state index is 9.75. The van der Waals surface area contributed by atoms with Gasteiger partial charge in [-0.3, -0.25) is 0 Å². The van der Waals surface area contributed by atoms with E-state index in [1.807, 2.05) is 13.8 Å². The highest BCUT2D eigenvalue weighted by atomic mass is 16.5. The van der Waals surface area contributed by atoms with Gasteiger partial charge in [-0.25, -0.2) is 0 Å². The monoisotopic (exact) mass is 259 g/mol. The van der Waals surface area contributed by atoms with Crippen LogP contribution in [0.4, 0.5) is 0 Å². The van der Waals surface area contributed by atoms with Crippen LogP contribution < -0.4 is 5.32 Å². The van der Waals surface area contributed by atoms with E-state index in [0.29, 0.717) is 32.4 Å². The summed E-state index contributed by atoms with van der Waals surface area (Å²) in [5.74, 6) is 0.803. The number of nitrogens with one attached hydrogen (secondary N) is 1. The van der Waals surface area contributed by atoms with E-state index < -0.39 is 6.10 Å². The van der Waals surface area contributed by atoms with Crippen molar-refractivity contribution in [2.24, 2.45) is 5.92 Å². The summed E-state index contributed by atoms with van der Waals surface area (Å²) in [5.41, 5.74) is 0. The third-order valence-corrected chi connectivity index (χ3v) is 3.52. The molecule has 0 heterocycles. The molecule has 0 aromatic rings. The highest BCUT2D eigenvalue weighted by Gasteiger charge is 2.23. The van der Waals surface area contributed by atoms with Crippen molar-refractivity contribution >= 4 is 0 Å². The highest BCUT2D eigenvalue weighted by Crippen LogP contribution is 2.29. The molecule has 1 saturated carbocycles. The minimum Gasteiger partial charge on any atom is -0.389 e. The van der Waals surface area contributed by atoms with E-state index in [0.717, 1.165) is 5.92 Å². The Labute approximate surface area is 111 Å². The molecule has 2 atom stereocenters. The normalized spacial score (nSPS) is 19.8. The van der Waals surface area contributed by atoms with Crippen molar-refractivity contribution in [1.29, 1.82) is 0 Å². The average Bonchev–Trinajstić information content (AvgIpc) is 2.23. The van der Waals surface area contributed by atoms with Crippen LogP contribution in [0.25, 0.3) is 0 Å². The predicted molar refractivity (Wildman–Crippen MR) is 72.7 cm³/mol. The Hall–Kier alpha value is -0.160. The van der Waals surface area contributed by atoms with Crippen molar-refractivity contribution in [3.05, 3.63) is 0 Å². The van der Waals surface area contributed by atoms with Crippen LogP contribution in [0, 0.1) is 5.92 Å². The Bertz CT molecular complexity index is 207. The van der Waals surface area contributed by atoms with Gasteiger partial charge in [-0.15, -0.1) is 0 Å². The van der Waals surface area contributed by atoms with Gasteiger partial charge in [-0.2, -0.15) is 0 Å². The summed E-state index contributed by atoms with van der Waals surface area (Å²) < 4.78 is 10.7. The molecule has 108 valence electrons. The molecule has 4 nitrogen and oxygen atoms in total. The first-order valence-electron chi connectivity index (χ1n) is 7.20. The van der Waals surface area contributed by atoms with Crippen molar-refractivity contribution < 1.29 is 14.6 Å². The number of hydrogen-bond acceptors (Lipinski definition) is 4. The number of ether oxygens (including phenoxy) is 2. The lowest BCUT2D eigenvalue weighted by Crippen LogP contribution is -2.42. The first kappa shape index (κ1) is 15.9. The largest absolute Gasteiger partial charge is 0.389 e. The number of aliphatic hydroxyl groups excluding tert-OH is 1. The lowest BCUT2D eigenvalue weighted by molar-refractivity contribution is -0.0110. The molecule has 0 radical (unpaired) electrons. The first-order valence-corrected chi connectivity index (χ1v) is 7.20. The SMILES string of the molecule is CC(C)OCCOCC(O)CNC(C)C1CCC1. The molecule has 0 aliphatic heterocycles. The third kappa shape index (κ3) is 6.69. The molecular formula is C14H29NO3. The van der Waals surface area contributed by atoms with E-state index in [1.165, 1.54) is 19.3 Å². The summed E-state index contributed by atoms with van der Waals surface area (Å²) in [5, 5.41) is 13.1. The van der Waals surface area contributed by atoms with Crippen molar-refractivity contribution in [1.82, 2.24) is 5.32 Å². The Balaban J connectivity index is 1.91. The molecular weight excluding hydrogens is 230 g/mol. The summed E-state index contributed by atoms with van der Waals surface area (Å²) in [7, 11) is 0. The fraction of sp³-hybridized carbons (Fsp3) is 1.00. The lowest BCUT2D eigenvalue weighted by atomic mass is 9.80. The molecule has 2 N–H and O–H groups in total. The standard InChI is InChI=1S/C14H29NO3/c1-11(2)18-8-7-17-10-14(16)9-15-12(3)13-5-4-6-13/h11-16H,4-10H2,1-3H3. The van der Waals surface area contributed by atoms with E-state index in [1.54, 1.807) is 0 Å². The third-order valence-electron chi connectivity index (χ3n) is 3.52. The second-order valence-electron chi connectivity index (χ2n) is 5.54. The molecule has 1 rings (SSSR count). The molecule has 1 aliphatic carbocycles. The van der Waals surface area contributed by atoms with Crippen molar-refractivity contribution in [2.75, 3.05) is 26.4 Å². The molecule has 0 bridgehead atoms. The van der Waals surface area contributed by atoms with Crippen LogP contribution in [0.1, 0.15) is 40.0 Å². The van der Waals surface area contributed by atoms with Crippen LogP contribution in [-0.4, -0.2) is 49.7 Å². The summed E-state index contributed by atoms with van der Waals surface area (Å²) in [6.07, 6.45) is 3.83. The molecule has 0 amide bonds. The average molecular weight is 259 g/mol. The maximum absolute atomic E-state index is 9.75. The summed E-state index contributed by atoms with van der Waals surface area (Å²) >= 11 is 0. The number of hydrogen-bond donors (Lipinski definition) is 2. The Morgan fingerprint density at radius 3 is 2.50 bits per heavy atom. The topological polar surface area (TPSA) is 50.7 Å². The molecule has 18 heavy (non-hydrogen) atoms. The van der Waals surface area contributed by atoms with Gasteiger partial charge in [0, 0.05) is 12.6 Å². The second-order valence-corrected chi connectivity index (χ2v) is 5.54. The fourth-order valence-corrected chi connectivity index (χ4v) is 2.05. The highest BCUT2D eigenvalue weighted by molar-refractivity contribution is 4.80. The van der Waals surface area contributed by atoms with Gasteiger partial charge in [-0.1, -0.05) is 6.42 Å². The van der Waals surface area contributed by atoms with Crippen molar-refractivity contribution in [3.8, 4) is 0 Å². The van der Waals surface area contributed by atoms with E-state index in [9.17, 15) is 5.11 Å². The van der Waals surface area contributed by atoms with Crippen LogP contribution in [0.15, 0.2) is 0 Å². The van der Waals surface area contributed by atoms with Gasteiger partial charge in [0.25, 0.3) is 0 Å². The molecule has 0 spiro atoms. The maximum Gasteiger partial charge on any atom is 0.0897 e. The molecule has 0 saturated heterocycles. The molecule has 1 aliphatic rings. The molecule has 0 aromatic heterocycles. The van der Waals surface area contributed by atoms with Crippen LogP contribution in [0.5, 0.6) is 0 Å². The van der Waals surface area contributed by atoms with Gasteiger partial charge in [0.2, 0.25) is 0 Å². The fourth-order valence-electron chi connectivity index (χ4n) is 2.05. The second kappa shape index (κ2) is 8.86. The predicted octanol–water partition coefficient (Wildman–Crippen LogP) is 1.57.